The number of nitrogen functional groups attached to an aromatic ring is 1. The lowest BCUT2D eigenvalue weighted by atomic mass is 10.1. The molecular formula is C21H30N10O. The molecule has 0 aromatic carbocycles. The highest BCUT2D eigenvalue weighted by Crippen LogP contribution is 2.30. The summed E-state index contributed by atoms with van der Waals surface area (Å²) in [4.78, 5) is 32.3. The maximum Gasteiger partial charge on any atom is 0.322 e. The molecule has 3 aromatic heterocycles. The number of fused-ring (bicyclic) bond motifs is 1. The summed E-state index contributed by atoms with van der Waals surface area (Å²) in [5, 5.41) is 8.37. The van der Waals surface area contributed by atoms with Crippen molar-refractivity contribution in [3.05, 3.63) is 23.5 Å². The van der Waals surface area contributed by atoms with Gasteiger partial charge in [0, 0.05) is 46.8 Å². The average molecular weight is 439 g/mol. The molecule has 0 unspecified atom stereocenters. The van der Waals surface area contributed by atoms with E-state index in [1.54, 1.807) is 4.68 Å². The van der Waals surface area contributed by atoms with Crippen LogP contribution in [0.25, 0.3) is 11.0 Å². The van der Waals surface area contributed by atoms with Gasteiger partial charge in [0.25, 0.3) is 0 Å². The Kier molecular flexibility index (Phi) is 5.49. The van der Waals surface area contributed by atoms with Crippen LogP contribution in [0.4, 0.5) is 28.1 Å². The second-order valence-corrected chi connectivity index (χ2v) is 8.43. The van der Waals surface area contributed by atoms with Crippen molar-refractivity contribution in [3.63, 3.8) is 0 Å². The number of anilines is 4. The Morgan fingerprint density at radius 2 is 1.91 bits per heavy atom. The molecule has 4 rings (SSSR count). The zero-order valence-electron chi connectivity index (χ0n) is 19.4. The van der Waals surface area contributed by atoms with Gasteiger partial charge in [-0.1, -0.05) is 0 Å². The van der Waals surface area contributed by atoms with Gasteiger partial charge >= 0.3 is 6.03 Å². The fraction of sp³-hybridized carbons (Fsp3) is 0.476. The van der Waals surface area contributed by atoms with Crippen LogP contribution in [0.2, 0.25) is 0 Å². The van der Waals surface area contributed by atoms with Crippen LogP contribution in [0.3, 0.4) is 0 Å². The van der Waals surface area contributed by atoms with E-state index in [0.29, 0.717) is 31.0 Å². The van der Waals surface area contributed by atoms with Gasteiger partial charge in [-0.3, -0.25) is 0 Å². The molecule has 0 spiro atoms. The van der Waals surface area contributed by atoms with Gasteiger partial charge in [0.1, 0.15) is 11.6 Å². The molecule has 2 amide bonds. The number of pyridine rings is 1. The zero-order valence-corrected chi connectivity index (χ0v) is 19.4. The van der Waals surface area contributed by atoms with Crippen LogP contribution in [0.1, 0.15) is 18.3 Å². The van der Waals surface area contributed by atoms with Gasteiger partial charge in [0.05, 0.1) is 22.5 Å². The third-order valence-electron chi connectivity index (χ3n) is 5.81. The zero-order chi connectivity index (χ0) is 23.2. The molecule has 1 saturated heterocycles. The lowest BCUT2D eigenvalue weighted by molar-refractivity contribution is 0.200. The van der Waals surface area contributed by atoms with E-state index in [9.17, 15) is 4.79 Å². The minimum absolute atomic E-state index is 0.0435. The average Bonchev–Trinajstić information content (AvgIpc) is 3.02. The van der Waals surface area contributed by atoms with Crippen LogP contribution in [0, 0.1) is 13.8 Å². The number of carbonyl (C=O) groups excluding carboxylic acids is 1. The van der Waals surface area contributed by atoms with Gasteiger partial charge in [0.15, 0.2) is 5.65 Å². The molecule has 11 heteroatoms. The number of rotatable bonds is 3. The normalized spacial score (nSPS) is 16.5. The molecule has 3 aromatic rings. The van der Waals surface area contributed by atoms with E-state index < -0.39 is 0 Å². The van der Waals surface area contributed by atoms with E-state index in [4.69, 9.17) is 5.73 Å². The standard InChI is InChI=1S/C21H30N10O/c1-12-11-30(21(32)24-15-7-8-16(28(4)5)23-13(15)2)9-10-31(12)19-17-14(3)27-29(6)18(17)25-20(22)26-19/h7-8,12H,9-11H2,1-6H3,(H,24,32)(H2,22,25,26)/t12-/m0/s1. The van der Waals surface area contributed by atoms with Crippen molar-refractivity contribution >= 4 is 40.3 Å². The number of aryl methyl sites for hydroxylation is 3. The van der Waals surface area contributed by atoms with Crippen molar-refractivity contribution in [3.8, 4) is 0 Å². The molecule has 0 radical (unpaired) electrons. The Balaban J connectivity index is 1.51. The highest BCUT2D eigenvalue weighted by Gasteiger charge is 2.30. The predicted octanol–water partition coefficient (Wildman–Crippen LogP) is 1.77. The van der Waals surface area contributed by atoms with Gasteiger partial charge in [0.2, 0.25) is 5.95 Å². The molecule has 1 aliphatic rings. The van der Waals surface area contributed by atoms with Crippen molar-refractivity contribution in [1.82, 2.24) is 29.6 Å². The van der Waals surface area contributed by atoms with E-state index in [-0.39, 0.29) is 18.0 Å². The SMILES string of the molecule is Cc1nc(N(C)C)ccc1NC(=O)N1CCN(c2nc(N)nc3c2c(C)nn3C)[C@@H](C)C1. The molecule has 4 heterocycles. The van der Waals surface area contributed by atoms with Crippen molar-refractivity contribution < 1.29 is 4.79 Å². The Morgan fingerprint density at radius 3 is 2.56 bits per heavy atom. The van der Waals surface area contributed by atoms with Crippen molar-refractivity contribution in [2.75, 3.05) is 54.6 Å². The highest BCUT2D eigenvalue weighted by molar-refractivity contribution is 5.92. The van der Waals surface area contributed by atoms with E-state index in [2.05, 4.69) is 37.2 Å². The summed E-state index contributed by atoms with van der Waals surface area (Å²) in [7, 11) is 5.72. The van der Waals surface area contributed by atoms with Gasteiger partial charge in [-0.25, -0.2) is 14.5 Å². The summed E-state index contributed by atoms with van der Waals surface area (Å²) >= 11 is 0. The van der Waals surface area contributed by atoms with Crippen LogP contribution in [-0.2, 0) is 7.05 Å². The molecule has 1 aliphatic heterocycles. The predicted molar refractivity (Wildman–Crippen MR) is 126 cm³/mol. The first-order valence-corrected chi connectivity index (χ1v) is 10.6. The van der Waals surface area contributed by atoms with E-state index >= 15 is 0 Å². The van der Waals surface area contributed by atoms with E-state index in [1.807, 2.05) is 56.9 Å². The number of nitrogens with zero attached hydrogens (tertiary/aromatic N) is 8. The van der Waals surface area contributed by atoms with Gasteiger partial charge in [-0.05, 0) is 32.9 Å². The number of aromatic nitrogens is 5. The monoisotopic (exact) mass is 438 g/mol. The largest absolute Gasteiger partial charge is 0.368 e. The first-order valence-electron chi connectivity index (χ1n) is 10.6. The van der Waals surface area contributed by atoms with Crippen LogP contribution < -0.4 is 20.9 Å². The van der Waals surface area contributed by atoms with Crippen LogP contribution in [-0.4, -0.2) is 75.4 Å². The molecular weight excluding hydrogens is 408 g/mol. The second kappa shape index (κ2) is 8.13. The molecule has 0 saturated carbocycles. The topological polar surface area (TPSA) is 121 Å². The summed E-state index contributed by atoms with van der Waals surface area (Å²) in [6, 6.07) is 3.69. The third kappa shape index (κ3) is 3.85. The van der Waals surface area contributed by atoms with Gasteiger partial charge < -0.3 is 25.8 Å². The van der Waals surface area contributed by atoms with Crippen molar-refractivity contribution in [2.24, 2.45) is 7.05 Å². The minimum atomic E-state index is -0.135. The first kappa shape index (κ1) is 21.6. The van der Waals surface area contributed by atoms with Gasteiger partial charge in [-0.15, -0.1) is 0 Å². The number of hydrogen-bond donors (Lipinski definition) is 2. The minimum Gasteiger partial charge on any atom is -0.368 e. The Hall–Kier alpha value is -3.63. The third-order valence-corrected chi connectivity index (χ3v) is 5.81. The van der Waals surface area contributed by atoms with Crippen molar-refractivity contribution in [2.45, 2.75) is 26.8 Å². The summed E-state index contributed by atoms with van der Waals surface area (Å²) in [6.07, 6.45) is 0. The summed E-state index contributed by atoms with van der Waals surface area (Å²) < 4.78 is 1.72. The van der Waals surface area contributed by atoms with Crippen LogP contribution in [0.15, 0.2) is 12.1 Å². The molecule has 11 nitrogen and oxygen atoms in total. The van der Waals surface area contributed by atoms with Crippen LogP contribution in [0.5, 0.6) is 0 Å². The van der Waals surface area contributed by atoms with E-state index in [1.165, 1.54) is 0 Å². The number of hydrogen-bond acceptors (Lipinski definition) is 8. The molecule has 0 aliphatic carbocycles. The maximum atomic E-state index is 13.0. The number of piperazine rings is 1. The number of carbonyl (C=O) groups is 1. The highest BCUT2D eigenvalue weighted by atomic mass is 16.2. The summed E-state index contributed by atoms with van der Waals surface area (Å²) in [5.74, 6) is 1.83. The number of amides is 2. The summed E-state index contributed by atoms with van der Waals surface area (Å²) in [5.41, 5.74) is 9.05. The second-order valence-electron chi connectivity index (χ2n) is 8.43. The molecule has 1 fully saturated rings. The first-order chi connectivity index (χ1) is 15.2. The van der Waals surface area contributed by atoms with E-state index in [0.717, 1.165) is 28.4 Å². The summed E-state index contributed by atoms with van der Waals surface area (Å²) in [6.45, 7) is 7.66. The molecule has 3 N–H and O–H groups in total. The molecule has 170 valence electrons. The number of nitrogens with two attached hydrogens (primary N) is 1. The van der Waals surface area contributed by atoms with Gasteiger partial charge in [-0.2, -0.15) is 15.1 Å². The van der Waals surface area contributed by atoms with Crippen LogP contribution >= 0.6 is 0 Å². The molecule has 0 bridgehead atoms. The Bertz CT molecular complexity index is 1170. The quantitative estimate of drug-likeness (QED) is 0.635. The maximum absolute atomic E-state index is 13.0. The Morgan fingerprint density at radius 1 is 1.16 bits per heavy atom. The number of urea groups is 1. The lowest BCUT2D eigenvalue weighted by Gasteiger charge is -2.40. The lowest BCUT2D eigenvalue weighted by Crippen LogP contribution is -2.55. The molecule has 32 heavy (non-hydrogen) atoms. The molecule has 1 atom stereocenters. The number of nitrogens with one attached hydrogen (secondary N) is 1. The fourth-order valence-corrected chi connectivity index (χ4v) is 4.12. The van der Waals surface area contributed by atoms with Crippen molar-refractivity contribution in [1.29, 1.82) is 0 Å². The smallest absolute Gasteiger partial charge is 0.322 e. The Labute approximate surface area is 187 Å². The fourth-order valence-electron chi connectivity index (χ4n) is 4.12.